The zero-order chi connectivity index (χ0) is 19.6. The third-order valence-corrected chi connectivity index (χ3v) is 5.30. The van der Waals surface area contributed by atoms with Gasteiger partial charge in [-0.05, 0) is 29.2 Å². The molecule has 2 heterocycles. The molecule has 0 aromatic heterocycles. The Morgan fingerprint density at radius 1 is 0.448 bits per heavy atom. The third-order valence-electron chi connectivity index (χ3n) is 5.30. The van der Waals surface area contributed by atoms with Crippen LogP contribution in [-0.4, -0.2) is 22.8 Å². The van der Waals surface area contributed by atoms with Gasteiger partial charge in [-0.3, -0.25) is 0 Å². The van der Waals surface area contributed by atoms with Crippen molar-refractivity contribution in [3.63, 3.8) is 0 Å². The van der Waals surface area contributed by atoms with Crippen molar-refractivity contribution in [2.45, 2.75) is 19.8 Å². The molecule has 2 aliphatic heterocycles. The molecule has 0 amide bonds. The number of aryl methyl sites for hydroxylation is 1. The van der Waals surface area contributed by atoms with Crippen LogP contribution in [0.2, 0.25) is 0 Å². The van der Waals surface area contributed by atoms with Gasteiger partial charge in [0.25, 0.3) is 0 Å². The van der Waals surface area contributed by atoms with Gasteiger partial charge in [0.05, 0.1) is 22.8 Å². The molecule has 0 spiro atoms. The predicted octanol–water partition coefficient (Wildman–Crippen LogP) is 5.19. The molecule has 0 saturated heterocycles. The van der Waals surface area contributed by atoms with E-state index in [2.05, 4.69) is 88.0 Å². The molecule has 0 bridgehead atoms. The minimum Gasteiger partial charge on any atom is -0.154 e. The Morgan fingerprint density at radius 3 is 1.21 bits per heavy atom. The first kappa shape index (κ1) is 17.4. The van der Waals surface area contributed by atoms with E-state index < -0.39 is 0 Å². The second-order valence-electron chi connectivity index (χ2n) is 7.35. The molecule has 0 N–H and O–H groups in total. The largest absolute Gasteiger partial charge is 0.154 e. The van der Waals surface area contributed by atoms with Crippen LogP contribution < -0.4 is 0 Å². The van der Waals surface area contributed by atoms with Crippen LogP contribution in [0.3, 0.4) is 0 Å². The van der Waals surface area contributed by atoms with Crippen LogP contribution in [-0.2, 0) is 0 Å². The van der Waals surface area contributed by atoms with Crippen molar-refractivity contribution in [2.75, 3.05) is 0 Å². The summed E-state index contributed by atoms with van der Waals surface area (Å²) in [4.78, 5) is 0. The van der Waals surface area contributed by atoms with E-state index in [0.29, 0.717) is 0 Å². The highest BCUT2D eigenvalue weighted by molar-refractivity contribution is 6.22. The molecule has 0 atom stereocenters. The lowest BCUT2D eigenvalue weighted by Crippen LogP contribution is -2.07. The Bertz CT molecular complexity index is 1170. The molecule has 5 rings (SSSR count). The molecule has 0 aliphatic carbocycles. The fourth-order valence-corrected chi connectivity index (χ4v) is 3.57. The monoisotopic (exact) mass is 376 g/mol. The number of benzene rings is 3. The summed E-state index contributed by atoms with van der Waals surface area (Å²) in [5, 5.41) is 17.6. The molecule has 0 saturated carbocycles. The Hall–Kier alpha value is -3.66. The maximum atomic E-state index is 4.42. The minimum atomic E-state index is 0.755. The molecular weight excluding hydrogens is 356 g/mol. The second-order valence-corrected chi connectivity index (χ2v) is 7.35. The summed E-state index contributed by atoms with van der Waals surface area (Å²) in [5.41, 5.74) is 9.75. The van der Waals surface area contributed by atoms with Gasteiger partial charge in [-0.25, -0.2) is 0 Å². The van der Waals surface area contributed by atoms with E-state index in [9.17, 15) is 0 Å². The van der Waals surface area contributed by atoms with Gasteiger partial charge in [0.1, 0.15) is 0 Å². The van der Waals surface area contributed by atoms with Gasteiger partial charge in [-0.2, -0.15) is 20.4 Å². The normalized spacial score (nSPS) is 15.6. The van der Waals surface area contributed by atoms with E-state index in [1.165, 1.54) is 5.56 Å². The van der Waals surface area contributed by atoms with Gasteiger partial charge in [-0.15, -0.1) is 0 Å². The van der Waals surface area contributed by atoms with Gasteiger partial charge in [0.2, 0.25) is 0 Å². The van der Waals surface area contributed by atoms with Crippen LogP contribution in [0, 0.1) is 6.92 Å². The fourth-order valence-electron chi connectivity index (χ4n) is 3.57. The highest BCUT2D eigenvalue weighted by Gasteiger charge is 2.18. The van der Waals surface area contributed by atoms with E-state index in [0.717, 1.165) is 57.9 Å². The first-order valence-electron chi connectivity index (χ1n) is 9.76. The van der Waals surface area contributed by atoms with Gasteiger partial charge in [0, 0.05) is 12.8 Å². The van der Waals surface area contributed by atoms with Gasteiger partial charge < -0.3 is 0 Å². The maximum Gasteiger partial charge on any atom is 0.0763 e. The first-order chi connectivity index (χ1) is 14.3. The SMILES string of the molecule is Cc1ccc(C2=NN=C(c3ccc(C4=NN=C(c5ccccc5)C4)cc3)C2)cc1. The quantitative estimate of drug-likeness (QED) is 0.602. The van der Waals surface area contributed by atoms with Crippen LogP contribution in [0.5, 0.6) is 0 Å². The Kier molecular flexibility index (Phi) is 4.45. The topological polar surface area (TPSA) is 49.4 Å². The molecule has 2 aliphatic rings. The summed E-state index contributed by atoms with van der Waals surface area (Å²) in [5.74, 6) is 0. The summed E-state index contributed by atoms with van der Waals surface area (Å²) in [6.45, 7) is 2.09. The lowest BCUT2D eigenvalue weighted by Gasteiger charge is -2.05. The van der Waals surface area contributed by atoms with Crippen LogP contribution in [0.4, 0.5) is 0 Å². The van der Waals surface area contributed by atoms with E-state index >= 15 is 0 Å². The highest BCUT2D eigenvalue weighted by Crippen LogP contribution is 2.20. The van der Waals surface area contributed by atoms with E-state index in [4.69, 9.17) is 0 Å². The summed E-state index contributed by atoms with van der Waals surface area (Å²) in [7, 11) is 0. The number of hydrogen-bond acceptors (Lipinski definition) is 4. The van der Waals surface area contributed by atoms with E-state index in [1.807, 2.05) is 18.2 Å². The van der Waals surface area contributed by atoms with Gasteiger partial charge in [0.15, 0.2) is 0 Å². The zero-order valence-corrected chi connectivity index (χ0v) is 16.2. The van der Waals surface area contributed by atoms with Crippen LogP contribution in [0.15, 0.2) is 99.3 Å². The first-order valence-corrected chi connectivity index (χ1v) is 9.76. The molecular formula is C25H20N4. The fraction of sp³-hybridized carbons (Fsp3) is 0.120. The van der Waals surface area contributed by atoms with Crippen LogP contribution in [0.1, 0.15) is 40.7 Å². The van der Waals surface area contributed by atoms with Crippen LogP contribution >= 0.6 is 0 Å². The average molecular weight is 376 g/mol. The molecule has 0 fully saturated rings. The summed E-state index contributed by atoms with van der Waals surface area (Å²) in [6.07, 6.45) is 1.51. The molecule has 4 nitrogen and oxygen atoms in total. The summed E-state index contributed by atoms with van der Waals surface area (Å²) < 4.78 is 0. The molecule has 29 heavy (non-hydrogen) atoms. The lowest BCUT2D eigenvalue weighted by molar-refractivity contribution is 1.26. The minimum absolute atomic E-state index is 0.755. The van der Waals surface area contributed by atoms with E-state index in [1.54, 1.807) is 0 Å². The number of rotatable bonds is 4. The zero-order valence-electron chi connectivity index (χ0n) is 16.2. The Labute approximate surface area is 170 Å². The summed E-state index contributed by atoms with van der Waals surface area (Å²) >= 11 is 0. The van der Waals surface area contributed by atoms with Crippen molar-refractivity contribution >= 4 is 22.8 Å². The molecule has 3 aromatic carbocycles. The lowest BCUT2D eigenvalue weighted by atomic mass is 9.97. The molecule has 0 radical (unpaired) electrons. The van der Waals surface area contributed by atoms with Crippen molar-refractivity contribution in [1.29, 1.82) is 0 Å². The molecule has 3 aromatic rings. The van der Waals surface area contributed by atoms with Crippen molar-refractivity contribution in [3.8, 4) is 0 Å². The van der Waals surface area contributed by atoms with Crippen molar-refractivity contribution in [1.82, 2.24) is 0 Å². The second kappa shape index (κ2) is 7.40. The average Bonchev–Trinajstić information content (AvgIpc) is 3.46. The van der Waals surface area contributed by atoms with Crippen LogP contribution in [0.25, 0.3) is 0 Å². The van der Waals surface area contributed by atoms with Gasteiger partial charge >= 0.3 is 0 Å². The standard InChI is InChI=1S/C25H20N4/c1-17-7-9-19(10-8-17)23-16-25(29-27-23)21-13-11-20(12-14-21)24-15-22(26-28-24)18-5-3-2-4-6-18/h2-14H,15-16H2,1H3. The molecule has 0 unspecified atom stereocenters. The van der Waals surface area contributed by atoms with Gasteiger partial charge in [-0.1, -0.05) is 84.4 Å². The Balaban J connectivity index is 1.26. The highest BCUT2D eigenvalue weighted by atomic mass is 15.2. The molecule has 4 heteroatoms. The predicted molar refractivity (Wildman–Crippen MR) is 119 cm³/mol. The van der Waals surface area contributed by atoms with Crippen molar-refractivity contribution < 1.29 is 0 Å². The molecule has 140 valence electrons. The number of nitrogens with zero attached hydrogens (tertiary/aromatic N) is 4. The third kappa shape index (κ3) is 3.57. The van der Waals surface area contributed by atoms with Crippen molar-refractivity contribution in [2.24, 2.45) is 20.4 Å². The smallest absolute Gasteiger partial charge is 0.0763 e. The number of hydrogen-bond donors (Lipinski definition) is 0. The maximum absolute atomic E-state index is 4.42. The Morgan fingerprint density at radius 2 is 0.793 bits per heavy atom. The van der Waals surface area contributed by atoms with Crippen molar-refractivity contribution in [3.05, 3.63) is 107 Å². The van der Waals surface area contributed by atoms with E-state index in [-0.39, 0.29) is 0 Å². The summed E-state index contributed by atoms with van der Waals surface area (Å²) in [6, 6.07) is 27.1.